The predicted molar refractivity (Wildman–Crippen MR) is 68.2 cm³/mol. The van der Waals surface area contributed by atoms with E-state index in [9.17, 15) is 9.18 Å². The summed E-state index contributed by atoms with van der Waals surface area (Å²) in [7, 11) is 1.68. The Bertz CT molecular complexity index is 554. The highest BCUT2D eigenvalue weighted by Gasteiger charge is 2.13. The molecule has 1 heterocycles. The molecular formula is C13H12FNO2S. The molecule has 94 valence electrons. The van der Waals surface area contributed by atoms with Gasteiger partial charge in [0.05, 0.1) is 12.5 Å². The summed E-state index contributed by atoms with van der Waals surface area (Å²) < 4.78 is 18.0. The summed E-state index contributed by atoms with van der Waals surface area (Å²) in [5, 5.41) is 0. The van der Waals surface area contributed by atoms with Crippen LogP contribution in [-0.4, -0.2) is 17.9 Å². The third kappa shape index (κ3) is 2.73. The third-order valence-electron chi connectivity index (χ3n) is 2.54. The summed E-state index contributed by atoms with van der Waals surface area (Å²) in [5.74, 6) is -0.626. The molecule has 0 fully saturated rings. The Morgan fingerprint density at radius 1 is 1.44 bits per heavy atom. The van der Waals surface area contributed by atoms with Crippen LogP contribution in [0.15, 0.2) is 46.1 Å². The lowest BCUT2D eigenvalue weighted by molar-refractivity contribution is 0.0784. The smallest absolute Gasteiger partial charge is 0.253 e. The average Bonchev–Trinajstić information content (AvgIpc) is 2.84. The van der Waals surface area contributed by atoms with Crippen molar-refractivity contribution in [3.05, 3.63) is 53.7 Å². The van der Waals surface area contributed by atoms with Crippen LogP contribution in [0.5, 0.6) is 0 Å². The maximum absolute atomic E-state index is 13.1. The maximum Gasteiger partial charge on any atom is 0.253 e. The Morgan fingerprint density at radius 3 is 2.83 bits per heavy atom. The van der Waals surface area contributed by atoms with Crippen molar-refractivity contribution < 1.29 is 13.6 Å². The normalized spacial score (nSPS) is 10.4. The van der Waals surface area contributed by atoms with Crippen molar-refractivity contribution in [3.8, 4) is 0 Å². The summed E-state index contributed by atoms with van der Waals surface area (Å²) in [6.45, 7) is 0.439. The Balaban J connectivity index is 2.12. The fraction of sp³-hybridized carbons (Fsp3) is 0.154. The van der Waals surface area contributed by atoms with Crippen molar-refractivity contribution in [2.75, 3.05) is 7.05 Å². The molecule has 1 amide bonds. The molecule has 1 aromatic carbocycles. The van der Waals surface area contributed by atoms with Crippen molar-refractivity contribution in [2.45, 2.75) is 11.4 Å². The van der Waals surface area contributed by atoms with E-state index in [-0.39, 0.29) is 10.8 Å². The summed E-state index contributed by atoms with van der Waals surface area (Å²) >= 11 is 3.96. The van der Waals surface area contributed by atoms with Crippen molar-refractivity contribution >= 4 is 18.5 Å². The molecule has 2 rings (SSSR count). The minimum absolute atomic E-state index is 0.164. The van der Waals surface area contributed by atoms with Gasteiger partial charge >= 0.3 is 0 Å². The minimum atomic E-state index is -0.438. The van der Waals surface area contributed by atoms with Crippen LogP contribution in [0.2, 0.25) is 0 Å². The summed E-state index contributed by atoms with van der Waals surface area (Å²) in [4.78, 5) is 13.8. The summed E-state index contributed by atoms with van der Waals surface area (Å²) in [6, 6.07) is 5.90. The number of furan rings is 1. The molecule has 3 nitrogen and oxygen atoms in total. The molecule has 18 heavy (non-hydrogen) atoms. The molecule has 0 aliphatic carbocycles. The van der Waals surface area contributed by atoms with Crippen LogP contribution in [0.1, 0.15) is 15.9 Å². The van der Waals surface area contributed by atoms with Gasteiger partial charge in [-0.15, -0.1) is 12.6 Å². The van der Waals surface area contributed by atoms with Gasteiger partial charge in [0.2, 0.25) is 0 Å². The van der Waals surface area contributed by atoms with Crippen LogP contribution in [0.4, 0.5) is 4.39 Å². The second-order valence-corrected chi connectivity index (χ2v) is 4.44. The van der Waals surface area contributed by atoms with Gasteiger partial charge < -0.3 is 9.32 Å². The van der Waals surface area contributed by atoms with Crippen LogP contribution >= 0.6 is 12.6 Å². The number of amides is 1. The Morgan fingerprint density at radius 2 is 2.22 bits per heavy atom. The standard InChI is InChI=1S/C13H12FNO2S/c1-15(7-9-4-5-17-8-9)13(16)10-2-3-11(14)12(18)6-10/h2-6,8,18H,7H2,1H3. The van der Waals surface area contributed by atoms with Gasteiger partial charge in [-0.3, -0.25) is 4.79 Å². The first-order valence-corrected chi connectivity index (χ1v) is 5.77. The summed E-state index contributed by atoms with van der Waals surface area (Å²) in [5.41, 5.74) is 1.31. The molecule has 1 aromatic heterocycles. The molecule has 0 saturated carbocycles. The number of nitrogens with zero attached hydrogens (tertiary/aromatic N) is 1. The monoisotopic (exact) mass is 265 g/mol. The number of thiol groups is 1. The van der Waals surface area contributed by atoms with E-state index < -0.39 is 5.82 Å². The molecule has 0 saturated heterocycles. The quantitative estimate of drug-likeness (QED) is 0.866. The fourth-order valence-electron chi connectivity index (χ4n) is 1.59. The highest BCUT2D eigenvalue weighted by atomic mass is 32.1. The van der Waals surface area contributed by atoms with Crippen LogP contribution in [0, 0.1) is 5.82 Å². The zero-order valence-corrected chi connectivity index (χ0v) is 10.7. The largest absolute Gasteiger partial charge is 0.472 e. The molecular weight excluding hydrogens is 253 g/mol. The molecule has 0 N–H and O–H groups in total. The number of hydrogen-bond donors (Lipinski definition) is 1. The van der Waals surface area contributed by atoms with Crippen molar-refractivity contribution in [3.63, 3.8) is 0 Å². The van der Waals surface area contributed by atoms with Crippen molar-refractivity contribution in [1.82, 2.24) is 4.90 Å². The Labute approximate surface area is 110 Å². The van der Waals surface area contributed by atoms with E-state index in [2.05, 4.69) is 12.6 Å². The average molecular weight is 265 g/mol. The maximum atomic E-state index is 13.1. The number of benzene rings is 1. The van der Waals surface area contributed by atoms with Crippen molar-refractivity contribution in [1.29, 1.82) is 0 Å². The number of carbonyl (C=O) groups is 1. The zero-order valence-electron chi connectivity index (χ0n) is 9.76. The first-order valence-electron chi connectivity index (χ1n) is 5.33. The Hall–Kier alpha value is -1.75. The fourth-order valence-corrected chi connectivity index (χ4v) is 1.81. The van der Waals surface area contributed by atoms with E-state index in [0.717, 1.165) is 5.56 Å². The van der Waals surface area contributed by atoms with Gasteiger partial charge in [0, 0.05) is 29.6 Å². The van der Waals surface area contributed by atoms with Crippen LogP contribution < -0.4 is 0 Å². The third-order valence-corrected chi connectivity index (χ3v) is 2.88. The predicted octanol–water partition coefficient (Wildman–Crippen LogP) is 2.98. The molecule has 5 heteroatoms. The first kappa shape index (κ1) is 12.7. The molecule has 0 spiro atoms. The van der Waals surface area contributed by atoms with E-state index in [0.29, 0.717) is 12.1 Å². The van der Waals surface area contributed by atoms with E-state index >= 15 is 0 Å². The van der Waals surface area contributed by atoms with Gasteiger partial charge in [-0.25, -0.2) is 4.39 Å². The summed E-state index contributed by atoms with van der Waals surface area (Å²) in [6.07, 6.45) is 3.13. The molecule has 0 radical (unpaired) electrons. The topological polar surface area (TPSA) is 33.5 Å². The molecule has 0 bridgehead atoms. The number of hydrogen-bond acceptors (Lipinski definition) is 3. The first-order chi connectivity index (χ1) is 8.58. The minimum Gasteiger partial charge on any atom is -0.472 e. The lowest BCUT2D eigenvalue weighted by Gasteiger charge is -2.16. The van der Waals surface area contributed by atoms with Gasteiger partial charge in [-0.05, 0) is 24.3 Å². The number of carbonyl (C=O) groups excluding carboxylic acids is 1. The lowest BCUT2D eigenvalue weighted by atomic mass is 10.2. The van der Waals surface area contributed by atoms with E-state index in [1.807, 2.05) is 0 Å². The molecule has 2 aromatic rings. The highest BCUT2D eigenvalue weighted by Crippen LogP contribution is 2.16. The van der Waals surface area contributed by atoms with E-state index in [1.54, 1.807) is 25.6 Å². The highest BCUT2D eigenvalue weighted by molar-refractivity contribution is 7.80. The van der Waals surface area contributed by atoms with Gasteiger partial charge in [0.15, 0.2) is 0 Å². The number of halogens is 1. The molecule has 0 atom stereocenters. The lowest BCUT2D eigenvalue weighted by Crippen LogP contribution is -2.26. The van der Waals surface area contributed by atoms with Crippen LogP contribution in [0.3, 0.4) is 0 Å². The van der Waals surface area contributed by atoms with Crippen molar-refractivity contribution in [2.24, 2.45) is 0 Å². The van der Waals surface area contributed by atoms with Gasteiger partial charge in [-0.1, -0.05) is 0 Å². The molecule has 0 unspecified atom stereocenters. The number of rotatable bonds is 3. The van der Waals surface area contributed by atoms with Gasteiger partial charge in [-0.2, -0.15) is 0 Å². The van der Waals surface area contributed by atoms with Gasteiger partial charge in [0.1, 0.15) is 5.82 Å². The Kier molecular flexibility index (Phi) is 3.72. The molecule has 0 aliphatic heterocycles. The molecule has 0 aliphatic rings. The van der Waals surface area contributed by atoms with Gasteiger partial charge in [0.25, 0.3) is 5.91 Å². The van der Waals surface area contributed by atoms with Crippen LogP contribution in [-0.2, 0) is 6.54 Å². The zero-order chi connectivity index (χ0) is 13.1. The second-order valence-electron chi connectivity index (χ2n) is 3.96. The SMILES string of the molecule is CN(Cc1ccoc1)C(=O)c1ccc(F)c(S)c1. The van der Waals surface area contributed by atoms with Crippen LogP contribution in [0.25, 0.3) is 0 Å². The second kappa shape index (κ2) is 5.27. The van der Waals surface area contributed by atoms with E-state index in [4.69, 9.17) is 4.42 Å². The van der Waals surface area contributed by atoms with E-state index in [1.165, 1.54) is 23.1 Å².